The highest BCUT2D eigenvalue weighted by molar-refractivity contribution is 5.76. The number of rotatable bonds is 7. The molecule has 0 atom stereocenters. The molecule has 2 saturated carbocycles. The van der Waals surface area contributed by atoms with Crippen LogP contribution >= 0.6 is 0 Å². The van der Waals surface area contributed by atoms with Crippen molar-refractivity contribution in [2.24, 2.45) is 11.8 Å². The molecule has 0 aromatic carbocycles. The van der Waals surface area contributed by atoms with Gasteiger partial charge in [-0.3, -0.25) is 4.79 Å². The zero-order chi connectivity index (χ0) is 17.9. The van der Waals surface area contributed by atoms with E-state index in [-0.39, 0.29) is 0 Å². The van der Waals surface area contributed by atoms with Crippen LogP contribution in [0.1, 0.15) is 88.1 Å². The molecule has 26 heavy (non-hydrogen) atoms. The molecule has 0 unspecified atom stereocenters. The molecule has 0 bridgehead atoms. The first-order chi connectivity index (χ1) is 12.7. The van der Waals surface area contributed by atoms with Gasteiger partial charge in [0.2, 0.25) is 5.91 Å². The van der Waals surface area contributed by atoms with E-state index in [1.54, 1.807) is 0 Å². The van der Waals surface area contributed by atoms with Gasteiger partial charge >= 0.3 is 0 Å². The van der Waals surface area contributed by atoms with Gasteiger partial charge in [-0.25, -0.2) is 4.98 Å². The fourth-order valence-corrected chi connectivity index (χ4v) is 5.01. The molecule has 4 nitrogen and oxygen atoms in total. The number of likely N-dealkylation sites (tertiary alicyclic amines) is 1. The highest BCUT2D eigenvalue weighted by Crippen LogP contribution is 2.39. The van der Waals surface area contributed by atoms with Gasteiger partial charge in [0.25, 0.3) is 0 Å². The summed E-state index contributed by atoms with van der Waals surface area (Å²) in [5.74, 6) is 4.06. The predicted molar refractivity (Wildman–Crippen MR) is 104 cm³/mol. The van der Waals surface area contributed by atoms with Crippen molar-refractivity contribution in [2.45, 2.75) is 90.0 Å². The smallest absolute Gasteiger partial charge is 0.222 e. The van der Waals surface area contributed by atoms with Gasteiger partial charge in [-0.05, 0) is 57.3 Å². The van der Waals surface area contributed by atoms with Gasteiger partial charge in [0.15, 0.2) is 0 Å². The Morgan fingerprint density at radius 1 is 1.04 bits per heavy atom. The first-order valence-corrected chi connectivity index (χ1v) is 11.0. The minimum atomic E-state index is 0.414. The molecule has 4 rings (SSSR count). The van der Waals surface area contributed by atoms with Crippen LogP contribution in [0.25, 0.3) is 0 Å². The Morgan fingerprint density at radius 2 is 1.73 bits per heavy atom. The molecule has 1 aromatic heterocycles. The summed E-state index contributed by atoms with van der Waals surface area (Å²) in [5.41, 5.74) is 1.31. The molecular weight excluding hydrogens is 322 g/mol. The molecule has 1 amide bonds. The largest absolute Gasteiger partial charge is 0.343 e. The number of aryl methyl sites for hydroxylation is 1. The van der Waals surface area contributed by atoms with Gasteiger partial charge in [-0.1, -0.05) is 25.7 Å². The van der Waals surface area contributed by atoms with Gasteiger partial charge in [-0.2, -0.15) is 0 Å². The lowest BCUT2D eigenvalue weighted by atomic mass is 9.93. The van der Waals surface area contributed by atoms with Crippen LogP contribution in [-0.2, 0) is 11.3 Å². The van der Waals surface area contributed by atoms with Crippen LogP contribution in [0.5, 0.6) is 0 Å². The van der Waals surface area contributed by atoms with Crippen molar-refractivity contribution in [3.05, 3.63) is 17.7 Å². The lowest BCUT2D eigenvalue weighted by Gasteiger charge is -2.32. The molecule has 1 aromatic rings. The van der Waals surface area contributed by atoms with E-state index in [1.807, 2.05) is 6.20 Å². The van der Waals surface area contributed by atoms with E-state index < -0.39 is 0 Å². The molecular formula is C22H35N3O. The predicted octanol–water partition coefficient (Wildman–Crippen LogP) is 4.67. The molecule has 1 saturated heterocycles. The number of imidazole rings is 1. The van der Waals surface area contributed by atoms with Gasteiger partial charge in [0.1, 0.15) is 5.82 Å². The SMILES string of the molecule is Cc1cnc(C2CC2)n1CCC1CCN(C(=O)CCC2CCCC2)CC1. The number of nitrogens with zero attached hydrogens (tertiary/aromatic N) is 3. The summed E-state index contributed by atoms with van der Waals surface area (Å²) in [5, 5.41) is 0. The number of hydrogen-bond acceptors (Lipinski definition) is 2. The van der Waals surface area contributed by atoms with E-state index in [0.29, 0.717) is 5.91 Å². The van der Waals surface area contributed by atoms with E-state index in [4.69, 9.17) is 0 Å². The van der Waals surface area contributed by atoms with E-state index in [1.165, 1.54) is 69.3 Å². The molecule has 0 N–H and O–H groups in total. The molecule has 3 fully saturated rings. The van der Waals surface area contributed by atoms with E-state index in [9.17, 15) is 4.79 Å². The third kappa shape index (κ3) is 4.32. The van der Waals surface area contributed by atoms with Gasteiger partial charge in [0, 0.05) is 43.9 Å². The minimum absolute atomic E-state index is 0.414. The average Bonchev–Trinajstić information content (AvgIpc) is 3.24. The molecule has 0 spiro atoms. The summed E-state index contributed by atoms with van der Waals surface area (Å²) in [6.07, 6.45) is 15.7. The minimum Gasteiger partial charge on any atom is -0.343 e. The quantitative estimate of drug-likeness (QED) is 0.711. The fraction of sp³-hybridized carbons (Fsp3) is 0.818. The van der Waals surface area contributed by atoms with Crippen molar-refractivity contribution < 1.29 is 4.79 Å². The topological polar surface area (TPSA) is 38.1 Å². The number of amides is 1. The van der Waals surface area contributed by atoms with Gasteiger partial charge < -0.3 is 9.47 Å². The molecule has 4 heteroatoms. The Labute approximate surface area is 158 Å². The van der Waals surface area contributed by atoms with Crippen LogP contribution in [0.15, 0.2) is 6.20 Å². The monoisotopic (exact) mass is 357 g/mol. The zero-order valence-electron chi connectivity index (χ0n) is 16.5. The molecule has 2 heterocycles. The van der Waals surface area contributed by atoms with Crippen LogP contribution in [0.2, 0.25) is 0 Å². The van der Waals surface area contributed by atoms with Crippen molar-refractivity contribution in [2.75, 3.05) is 13.1 Å². The first kappa shape index (κ1) is 18.1. The molecule has 2 aliphatic carbocycles. The number of carbonyl (C=O) groups excluding carboxylic acids is 1. The van der Waals surface area contributed by atoms with Crippen LogP contribution < -0.4 is 0 Å². The molecule has 1 aliphatic heterocycles. The lowest BCUT2D eigenvalue weighted by Crippen LogP contribution is -2.38. The van der Waals surface area contributed by atoms with Crippen LogP contribution in [-0.4, -0.2) is 33.4 Å². The van der Waals surface area contributed by atoms with Crippen molar-refractivity contribution in [3.8, 4) is 0 Å². The maximum atomic E-state index is 12.5. The summed E-state index contributed by atoms with van der Waals surface area (Å²) in [6.45, 7) is 5.25. The maximum Gasteiger partial charge on any atom is 0.222 e. The van der Waals surface area contributed by atoms with Crippen molar-refractivity contribution >= 4 is 5.91 Å². The Hall–Kier alpha value is -1.32. The van der Waals surface area contributed by atoms with Crippen LogP contribution in [0.4, 0.5) is 0 Å². The first-order valence-electron chi connectivity index (χ1n) is 11.0. The Balaban J connectivity index is 1.19. The second-order valence-corrected chi connectivity index (χ2v) is 8.99. The molecule has 144 valence electrons. The van der Waals surface area contributed by atoms with Gasteiger partial charge in [0.05, 0.1) is 0 Å². The second kappa shape index (κ2) is 8.14. The number of piperidine rings is 1. The van der Waals surface area contributed by atoms with Crippen LogP contribution in [0, 0.1) is 18.8 Å². The zero-order valence-corrected chi connectivity index (χ0v) is 16.5. The fourth-order valence-electron chi connectivity index (χ4n) is 5.01. The third-order valence-corrected chi connectivity index (χ3v) is 7.00. The van der Waals surface area contributed by atoms with E-state index in [2.05, 4.69) is 21.4 Å². The molecule has 3 aliphatic rings. The van der Waals surface area contributed by atoms with Crippen molar-refractivity contribution in [3.63, 3.8) is 0 Å². The van der Waals surface area contributed by atoms with Gasteiger partial charge in [-0.15, -0.1) is 0 Å². The van der Waals surface area contributed by atoms with E-state index in [0.717, 1.165) is 50.2 Å². The molecule has 0 radical (unpaired) electrons. The second-order valence-electron chi connectivity index (χ2n) is 8.99. The number of hydrogen-bond donors (Lipinski definition) is 0. The number of aromatic nitrogens is 2. The van der Waals surface area contributed by atoms with Crippen LogP contribution in [0.3, 0.4) is 0 Å². The Morgan fingerprint density at radius 3 is 2.42 bits per heavy atom. The summed E-state index contributed by atoms with van der Waals surface area (Å²) >= 11 is 0. The highest BCUT2D eigenvalue weighted by atomic mass is 16.2. The van der Waals surface area contributed by atoms with E-state index >= 15 is 0 Å². The average molecular weight is 358 g/mol. The lowest BCUT2D eigenvalue weighted by molar-refractivity contribution is -0.132. The Bertz CT molecular complexity index is 605. The van der Waals surface area contributed by atoms with Crippen molar-refractivity contribution in [1.82, 2.24) is 14.5 Å². The summed E-state index contributed by atoms with van der Waals surface area (Å²) in [7, 11) is 0. The maximum absolute atomic E-state index is 12.5. The van der Waals surface area contributed by atoms with Crippen molar-refractivity contribution in [1.29, 1.82) is 0 Å². The third-order valence-electron chi connectivity index (χ3n) is 7.00. The summed E-state index contributed by atoms with van der Waals surface area (Å²) in [4.78, 5) is 19.3. The Kier molecular flexibility index (Phi) is 5.66. The number of carbonyl (C=O) groups is 1. The normalized spacial score (nSPS) is 22.3. The standard InChI is InChI=1S/C22H35N3O/c1-17-16-23-22(20-7-8-20)25(17)15-12-19-10-13-24(14-11-19)21(26)9-6-18-4-2-3-5-18/h16,18-20H,2-15H2,1H3. The summed E-state index contributed by atoms with van der Waals surface area (Å²) < 4.78 is 2.46. The highest BCUT2D eigenvalue weighted by Gasteiger charge is 2.29. The summed E-state index contributed by atoms with van der Waals surface area (Å²) in [6, 6.07) is 0.